The van der Waals surface area contributed by atoms with E-state index in [1.807, 2.05) is 0 Å². The van der Waals surface area contributed by atoms with Gasteiger partial charge in [-0.05, 0) is 63.2 Å². The van der Waals surface area contributed by atoms with Gasteiger partial charge in [0, 0.05) is 6.04 Å². The Balaban J connectivity index is 1.44. The van der Waals surface area contributed by atoms with Crippen LogP contribution in [-0.2, 0) is 10.3 Å². The van der Waals surface area contributed by atoms with Gasteiger partial charge >= 0.3 is 5.97 Å². The molecule has 7 heteroatoms. The van der Waals surface area contributed by atoms with E-state index in [1.54, 1.807) is 10.9 Å². The summed E-state index contributed by atoms with van der Waals surface area (Å²) in [4.78, 5) is 25.5. The van der Waals surface area contributed by atoms with Crippen molar-refractivity contribution < 1.29 is 9.90 Å². The normalized spacial score (nSPS) is 36.3. The van der Waals surface area contributed by atoms with E-state index < -0.39 is 16.9 Å². The second kappa shape index (κ2) is 7.54. The number of anilines is 1. The number of carboxylic acids is 1. The van der Waals surface area contributed by atoms with Crippen molar-refractivity contribution in [2.75, 3.05) is 5.32 Å². The van der Waals surface area contributed by atoms with Gasteiger partial charge < -0.3 is 10.4 Å². The van der Waals surface area contributed by atoms with Crippen molar-refractivity contribution in [3.05, 3.63) is 21.6 Å². The molecule has 5 aliphatic rings. The average molecular weight is 434 g/mol. The van der Waals surface area contributed by atoms with Crippen molar-refractivity contribution in [2.24, 2.45) is 17.3 Å². The Morgan fingerprint density at radius 3 is 2.37 bits per heavy atom. The summed E-state index contributed by atoms with van der Waals surface area (Å²) in [7, 11) is 0. The molecule has 2 unspecified atom stereocenters. The first-order valence-electron chi connectivity index (χ1n) is 11.7. The van der Waals surface area contributed by atoms with Crippen LogP contribution in [0.15, 0.2) is 11.0 Å². The summed E-state index contributed by atoms with van der Waals surface area (Å²) < 4.78 is 1.56. The number of hydrogen-bond donors (Lipinski definition) is 2. The summed E-state index contributed by atoms with van der Waals surface area (Å²) in [6, 6.07) is 0.328. The largest absolute Gasteiger partial charge is 0.481 e. The average Bonchev–Trinajstić information content (AvgIpc) is 2.66. The van der Waals surface area contributed by atoms with Crippen LogP contribution in [0.3, 0.4) is 0 Å². The third kappa shape index (κ3) is 3.35. The minimum absolute atomic E-state index is 0.201. The van der Waals surface area contributed by atoms with Crippen LogP contribution < -0.4 is 10.9 Å². The molecule has 30 heavy (non-hydrogen) atoms. The molecule has 164 valence electrons. The number of carboxylic acid groups (broad SMARTS) is 1. The van der Waals surface area contributed by atoms with Crippen molar-refractivity contribution in [1.82, 2.24) is 9.78 Å². The summed E-state index contributed by atoms with van der Waals surface area (Å²) in [5.74, 6) is 0.0211. The molecule has 5 aliphatic carbocycles. The first-order valence-corrected chi connectivity index (χ1v) is 12.1. The van der Waals surface area contributed by atoms with Crippen LogP contribution in [0.5, 0.6) is 0 Å². The van der Waals surface area contributed by atoms with E-state index in [9.17, 15) is 14.7 Å². The van der Waals surface area contributed by atoms with Crippen LogP contribution in [0, 0.1) is 17.3 Å². The maximum absolute atomic E-state index is 13.3. The van der Waals surface area contributed by atoms with Gasteiger partial charge in [0.25, 0.3) is 5.56 Å². The number of halogens is 1. The summed E-state index contributed by atoms with van der Waals surface area (Å²) >= 11 is 6.58. The minimum Gasteiger partial charge on any atom is -0.481 e. The van der Waals surface area contributed by atoms with Crippen LogP contribution in [-0.4, -0.2) is 26.9 Å². The molecule has 0 aromatic carbocycles. The molecule has 2 atom stereocenters. The van der Waals surface area contributed by atoms with Crippen molar-refractivity contribution in [1.29, 1.82) is 0 Å². The molecule has 5 fully saturated rings. The Morgan fingerprint density at radius 1 is 1.10 bits per heavy atom. The fourth-order valence-electron chi connectivity index (χ4n) is 7.40. The quantitative estimate of drug-likeness (QED) is 0.712. The van der Waals surface area contributed by atoms with Gasteiger partial charge in [-0.2, -0.15) is 5.10 Å². The van der Waals surface area contributed by atoms with E-state index in [0.29, 0.717) is 30.0 Å². The van der Waals surface area contributed by atoms with E-state index in [-0.39, 0.29) is 10.6 Å². The number of carbonyl (C=O) groups is 1. The van der Waals surface area contributed by atoms with Gasteiger partial charge in [-0.3, -0.25) is 9.59 Å². The smallest absolute Gasteiger partial charge is 0.309 e. The standard InChI is InChI=1S/C23H32ClN3O3/c24-19-18(26-17-6-4-2-1-3-5-7-17)13-25-27(20(19)28)23-11-15-8-16(12-23)10-22(9-15,14-23)21(29)30/h13,15-17,26H,1-12,14H2,(H,29,30). The molecule has 1 aromatic rings. The van der Waals surface area contributed by atoms with Crippen LogP contribution in [0.4, 0.5) is 5.69 Å². The van der Waals surface area contributed by atoms with E-state index >= 15 is 0 Å². The van der Waals surface area contributed by atoms with Gasteiger partial charge in [0.15, 0.2) is 0 Å². The highest BCUT2D eigenvalue weighted by molar-refractivity contribution is 6.32. The van der Waals surface area contributed by atoms with Gasteiger partial charge in [-0.15, -0.1) is 0 Å². The number of nitrogens with one attached hydrogen (secondary N) is 1. The Hall–Kier alpha value is -1.56. The van der Waals surface area contributed by atoms with Crippen LogP contribution in [0.25, 0.3) is 0 Å². The van der Waals surface area contributed by atoms with Gasteiger partial charge in [0.05, 0.1) is 22.8 Å². The number of rotatable bonds is 4. The molecule has 4 bridgehead atoms. The first-order chi connectivity index (χ1) is 14.4. The third-order valence-electron chi connectivity index (χ3n) is 8.32. The molecule has 6 nitrogen and oxygen atoms in total. The minimum atomic E-state index is -0.706. The Bertz CT molecular complexity index is 876. The monoisotopic (exact) mass is 433 g/mol. The number of nitrogens with zero attached hydrogens (tertiary/aromatic N) is 2. The fourth-order valence-corrected chi connectivity index (χ4v) is 7.59. The third-order valence-corrected chi connectivity index (χ3v) is 8.68. The molecule has 0 amide bonds. The van der Waals surface area contributed by atoms with Crippen LogP contribution in [0.1, 0.15) is 83.5 Å². The maximum atomic E-state index is 13.3. The van der Waals surface area contributed by atoms with E-state index in [2.05, 4.69) is 10.4 Å². The molecule has 2 N–H and O–H groups in total. The second-order valence-electron chi connectivity index (χ2n) is 10.5. The fraction of sp³-hybridized carbons (Fsp3) is 0.783. The van der Waals surface area contributed by atoms with E-state index in [4.69, 9.17) is 11.6 Å². The summed E-state index contributed by atoms with van der Waals surface area (Å²) in [6.07, 6.45) is 14.9. The molecular weight excluding hydrogens is 402 g/mol. The van der Waals surface area contributed by atoms with Crippen LogP contribution in [0.2, 0.25) is 5.02 Å². The Morgan fingerprint density at radius 2 is 1.73 bits per heavy atom. The highest BCUT2D eigenvalue weighted by Crippen LogP contribution is 2.63. The molecule has 5 saturated carbocycles. The highest BCUT2D eigenvalue weighted by atomic mass is 35.5. The Kier molecular flexibility index (Phi) is 5.11. The van der Waals surface area contributed by atoms with Crippen molar-refractivity contribution in [3.8, 4) is 0 Å². The lowest BCUT2D eigenvalue weighted by Gasteiger charge is -2.60. The van der Waals surface area contributed by atoms with Gasteiger partial charge in [0.1, 0.15) is 5.02 Å². The maximum Gasteiger partial charge on any atom is 0.309 e. The van der Waals surface area contributed by atoms with Crippen molar-refractivity contribution >= 4 is 23.3 Å². The molecule has 0 saturated heterocycles. The summed E-state index contributed by atoms with van der Waals surface area (Å²) in [6.45, 7) is 0. The Labute approximate surface area is 182 Å². The van der Waals surface area contributed by atoms with Gasteiger partial charge in [-0.25, -0.2) is 4.68 Å². The zero-order valence-corrected chi connectivity index (χ0v) is 18.3. The van der Waals surface area contributed by atoms with Crippen molar-refractivity contribution in [2.45, 2.75) is 95.1 Å². The molecule has 1 heterocycles. The molecule has 0 radical (unpaired) electrons. The van der Waals surface area contributed by atoms with E-state index in [1.165, 1.54) is 32.1 Å². The van der Waals surface area contributed by atoms with Crippen molar-refractivity contribution in [3.63, 3.8) is 0 Å². The number of hydrogen-bond acceptors (Lipinski definition) is 4. The summed E-state index contributed by atoms with van der Waals surface area (Å²) in [5, 5.41) is 18.3. The lowest BCUT2D eigenvalue weighted by atomic mass is 9.47. The highest BCUT2D eigenvalue weighted by Gasteiger charge is 2.62. The van der Waals surface area contributed by atoms with Gasteiger partial charge in [-0.1, -0.05) is 43.7 Å². The molecule has 0 aliphatic heterocycles. The molecule has 1 aromatic heterocycles. The number of aliphatic carboxylic acids is 1. The first kappa shape index (κ1) is 20.3. The molecule has 6 rings (SSSR count). The zero-order chi connectivity index (χ0) is 20.9. The molecular formula is C23H32ClN3O3. The lowest BCUT2D eigenvalue weighted by molar-refractivity contribution is -0.173. The summed E-state index contributed by atoms with van der Waals surface area (Å²) in [5.41, 5.74) is -0.841. The topological polar surface area (TPSA) is 84.2 Å². The SMILES string of the molecule is O=C(O)C12CC3CC(C1)CC(n1ncc(NC4CCCCCCC4)c(Cl)c1=O)(C3)C2. The van der Waals surface area contributed by atoms with Gasteiger partial charge in [0.2, 0.25) is 0 Å². The second-order valence-corrected chi connectivity index (χ2v) is 10.9. The number of aromatic nitrogens is 2. The predicted molar refractivity (Wildman–Crippen MR) is 116 cm³/mol. The van der Waals surface area contributed by atoms with E-state index in [0.717, 1.165) is 44.9 Å². The molecule has 0 spiro atoms. The predicted octanol–water partition coefficient (Wildman–Crippen LogP) is 4.80. The lowest BCUT2D eigenvalue weighted by Crippen LogP contribution is -2.61. The van der Waals surface area contributed by atoms with Crippen LogP contribution >= 0.6 is 11.6 Å². The zero-order valence-electron chi connectivity index (χ0n) is 17.5.